The van der Waals surface area contributed by atoms with Gasteiger partial charge in [-0.25, -0.2) is 9.97 Å². The largest absolute Gasteiger partial charge is 0.352 e. The maximum atomic E-state index is 9.35. The average molecular weight is 271 g/mol. The van der Waals surface area contributed by atoms with Crippen molar-refractivity contribution >= 4 is 23.3 Å². The van der Waals surface area contributed by atoms with Gasteiger partial charge in [-0.15, -0.1) is 0 Å². The van der Waals surface area contributed by atoms with Gasteiger partial charge in [-0.1, -0.05) is 11.8 Å². The van der Waals surface area contributed by atoms with Crippen molar-refractivity contribution in [3.05, 3.63) is 34.1 Å². The Bertz CT molecular complexity index is 610. The molecule has 96 valence electrons. The van der Waals surface area contributed by atoms with Crippen LogP contribution in [0.5, 0.6) is 0 Å². The Morgan fingerprint density at radius 3 is 3.05 bits per heavy atom. The van der Waals surface area contributed by atoms with E-state index in [0.29, 0.717) is 23.3 Å². The topological polar surface area (TPSA) is 73.6 Å². The van der Waals surface area contributed by atoms with Crippen molar-refractivity contribution in [3.8, 4) is 6.07 Å². The lowest BCUT2D eigenvalue weighted by molar-refractivity contribution is 1.04. The highest BCUT2D eigenvalue weighted by Gasteiger charge is 2.22. The molecule has 1 aromatic rings. The molecule has 0 bridgehead atoms. The second-order valence-corrected chi connectivity index (χ2v) is 5.42. The maximum absolute atomic E-state index is 9.35. The molecule has 2 aliphatic rings. The number of rotatable bonds is 3. The predicted molar refractivity (Wildman–Crippen MR) is 75.7 cm³/mol. The van der Waals surface area contributed by atoms with Crippen molar-refractivity contribution in [1.82, 2.24) is 15.3 Å². The van der Waals surface area contributed by atoms with E-state index in [2.05, 4.69) is 26.7 Å². The summed E-state index contributed by atoms with van der Waals surface area (Å²) in [7, 11) is 0. The first-order valence-electron chi connectivity index (χ1n) is 6.11. The van der Waals surface area contributed by atoms with Gasteiger partial charge in [0.25, 0.3) is 0 Å². The van der Waals surface area contributed by atoms with E-state index in [0.717, 1.165) is 10.7 Å². The third-order valence-corrected chi connectivity index (χ3v) is 3.84. The first kappa shape index (κ1) is 12.1. The van der Waals surface area contributed by atoms with Gasteiger partial charge < -0.3 is 10.6 Å². The number of allylic oxidation sites excluding steroid dienone is 2. The number of thioether (sulfide) groups is 1. The molecule has 2 heterocycles. The minimum absolute atomic E-state index is 0.497. The lowest BCUT2D eigenvalue weighted by Crippen LogP contribution is -2.08. The van der Waals surface area contributed by atoms with Gasteiger partial charge in [-0.3, -0.25) is 0 Å². The minimum Gasteiger partial charge on any atom is -0.352 e. The second-order valence-electron chi connectivity index (χ2n) is 4.54. The van der Waals surface area contributed by atoms with Crippen LogP contribution < -0.4 is 10.6 Å². The number of nitrogens with zero attached hydrogens (tertiary/aromatic N) is 3. The standard InChI is InChI=1S/C13H13N5S/c1-8-7-19-12(16-8)10(6-14)11-4-5-15-13(18-11)17-9-2-3-9/h4-5,7,9,16H,2-3H2,1H3,(H,15,17,18). The Hall–Kier alpha value is -2.00. The molecule has 0 unspecified atom stereocenters. The molecule has 2 N–H and O–H groups in total. The van der Waals surface area contributed by atoms with Crippen LogP contribution in [0.3, 0.4) is 0 Å². The summed E-state index contributed by atoms with van der Waals surface area (Å²) in [6.07, 6.45) is 4.02. The third-order valence-electron chi connectivity index (χ3n) is 2.83. The van der Waals surface area contributed by atoms with Crippen molar-refractivity contribution in [2.75, 3.05) is 5.32 Å². The van der Waals surface area contributed by atoms with Crippen molar-refractivity contribution in [3.63, 3.8) is 0 Å². The Kier molecular flexibility index (Phi) is 3.13. The zero-order chi connectivity index (χ0) is 13.2. The molecule has 3 rings (SSSR count). The van der Waals surface area contributed by atoms with Gasteiger partial charge in [0.15, 0.2) is 0 Å². The van der Waals surface area contributed by atoms with Crippen LogP contribution in [0.25, 0.3) is 5.57 Å². The quantitative estimate of drug-likeness (QED) is 0.823. The number of anilines is 1. The Labute approximate surface area is 115 Å². The van der Waals surface area contributed by atoms with Gasteiger partial charge in [-0.05, 0) is 31.2 Å². The molecule has 5 nitrogen and oxygen atoms in total. The molecule has 0 atom stereocenters. The van der Waals surface area contributed by atoms with E-state index in [1.807, 2.05) is 12.3 Å². The van der Waals surface area contributed by atoms with Crippen LogP contribution in [0.4, 0.5) is 5.95 Å². The number of hydrogen-bond donors (Lipinski definition) is 2. The van der Waals surface area contributed by atoms with E-state index in [9.17, 15) is 5.26 Å². The third kappa shape index (κ3) is 2.71. The normalized spacial score (nSPS) is 20.3. The molecular formula is C13H13N5S. The van der Waals surface area contributed by atoms with Crippen molar-refractivity contribution < 1.29 is 0 Å². The lowest BCUT2D eigenvalue weighted by Gasteiger charge is -2.07. The summed E-state index contributed by atoms with van der Waals surface area (Å²) in [6, 6.07) is 4.48. The Balaban J connectivity index is 1.89. The number of nitrogens with one attached hydrogen (secondary N) is 2. The van der Waals surface area contributed by atoms with Crippen LogP contribution in [-0.2, 0) is 0 Å². The van der Waals surface area contributed by atoms with E-state index in [-0.39, 0.29) is 0 Å². The monoisotopic (exact) mass is 271 g/mol. The van der Waals surface area contributed by atoms with Gasteiger partial charge in [0, 0.05) is 17.9 Å². The van der Waals surface area contributed by atoms with Crippen LogP contribution in [0, 0.1) is 11.3 Å². The molecule has 0 saturated heterocycles. The molecule has 1 aliphatic heterocycles. The number of nitriles is 1. The van der Waals surface area contributed by atoms with Gasteiger partial charge in [0.2, 0.25) is 5.95 Å². The van der Waals surface area contributed by atoms with Gasteiger partial charge >= 0.3 is 0 Å². The first-order valence-corrected chi connectivity index (χ1v) is 6.99. The molecule has 0 radical (unpaired) electrons. The summed E-state index contributed by atoms with van der Waals surface area (Å²) >= 11 is 1.51. The molecule has 1 aliphatic carbocycles. The number of hydrogen-bond acceptors (Lipinski definition) is 6. The van der Waals surface area contributed by atoms with E-state index >= 15 is 0 Å². The minimum atomic E-state index is 0.497. The van der Waals surface area contributed by atoms with Gasteiger partial charge in [0.1, 0.15) is 11.6 Å². The molecule has 1 saturated carbocycles. The van der Waals surface area contributed by atoms with Crippen LogP contribution in [0.2, 0.25) is 0 Å². The van der Waals surface area contributed by atoms with Crippen molar-refractivity contribution in [1.29, 1.82) is 5.26 Å². The summed E-state index contributed by atoms with van der Waals surface area (Å²) in [6.45, 7) is 1.97. The fourth-order valence-corrected chi connectivity index (χ4v) is 2.55. The molecule has 1 fully saturated rings. The van der Waals surface area contributed by atoms with Crippen molar-refractivity contribution in [2.24, 2.45) is 0 Å². The predicted octanol–water partition coefficient (Wildman–Crippen LogP) is 2.44. The SMILES string of the molecule is CC1=CSC(=C(C#N)c2ccnc(NC3CC3)n2)N1. The molecule has 0 aromatic carbocycles. The summed E-state index contributed by atoms with van der Waals surface area (Å²) in [4.78, 5) is 8.60. The average Bonchev–Trinajstić information content (AvgIpc) is 3.12. The highest BCUT2D eigenvalue weighted by molar-refractivity contribution is 8.06. The van der Waals surface area contributed by atoms with Crippen LogP contribution in [0.15, 0.2) is 28.4 Å². The van der Waals surface area contributed by atoms with E-state index in [1.54, 1.807) is 12.3 Å². The highest BCUT2D eigenvalue weighted by Crippen LogP contribution is 2.31. The summed E-state index contributed by atoms with van der Waals surface area (Å²) in [5.41, 5.74) is 2.25. The molecule has 19 heavy (non-hydrogen) atoms. The fourth-order valence-electron chi connectivity index (χ4n) is 1.71. The van der Waals surface area contributed by atoms with Gasteiger partial charge in [-0.2, -0.15) is 5.26 Å². The van der Waals surface area contributed by atoms with Crippen molar-refractivity contribution in [2.45, 2.75) is 25.8 Å². The first-order chi connectivity index (χ1) is 9.26. The molecule has 0 amide bonds. The fraction of sp³-hybridized carbons (Fsp3) is 0.308. The van der Waals surface area contributed by atoms with Crippen LogP contribution in [0.1, 0.15) is 25.5 Å². The van der Waals surface area contributed by atoms with Gasteiger partial charge in [0.05, 0.1) is 10.7 Å². The van der Waals surface area contributed by atoms with Crippen LogP contribution in [-0.4, -0.2) is 16.0 Å². The molecule has 0 spiro atoms. The van der Waals surface area contributed by atoms with E-state index in [4.69, 9.17) is 0 Å². The summed E-state index contributed by atoms with van der Waals surface area (Å²) in [5.74, 6) is 0.598. The Morgan fingerprint density at radius 2 is 2.42 bits per heavy atom. The molecule has 1 aromatic heterocycles. The summed E-state index contributed by atoms with van der Waals surface area (Å²) < 4.78 is 0. The van der Waals surface area contributed by atoms with E-state index < -0.39 is 0 Å². The Morgan fingerprint density at radius 1 is 1.58 bits per heavy atom. The zero-order valence-electron chi connectivity index (χ0n) is 10.5. The smallest absolute Gasteiger partial charge is 0.223 e. The number of aromatic nitrogens is 2. The molecule has 6 heteroatoms. The maximum Gasteiger partial charge on any atom is 0.223 e. The highest BCUT2D eigenvalue weighted by atomic mass is 32.2. The zero-order valence-corrected chi connectivity index (χ0v) is 11.3. The second kappa shape index (κ2) is 4.94. The summed E-state index contributed by atoms with van der Waals surface area (Å²) in [5, 5.41) is 18.6. The molecular weight excluding hydrogens is 258 g/mol. The van der Waals surface area contributed by atoms with E-state index in [1.165, 1.54) is 24.6 Å². The lowest BCUT2D eigenvalue weighted by atomic mass is 10.2. The van der Waals surface area contributed by atoms with Crippen LogP contribution >= 0.6 is 11.8 Å².